The van der Waals surface area contributed by atoms with E-state index in [2.05, 4.69) is 30.4 Å². The summed E-state index contributed by atoms with van der Waals surface area (Å²) in [6.07, 6.45) is 6.51. The molecule has 96 valence electrons. The van der Waals surface area contributed by atoms with Crippen molar-refractivity contribution in [1.29, 1.82) is 0 Å². The van der Waals surface area contributed by atoms with E-state index in [4.69, 9.17) is 0 Å². The van der Waals surface area contributed by atoms with Gasteiger partial charge in [-0.2, -0.15) is 5.10 Å². The second-order valence-electron chi connectivity index (χ2n) is 4.04. The van der Waals surface area contributed by atoms with Crippen molar-refractivity contribution in [1.82, 2.24) is 29.7 Å². The summed E-state index contributed by atoms with van der Waals surface area (Å²) in [4.78, 5) is 15.5. The van der Waals surface area contributed by atoms with E-state index < -0.39 is 0 Å². The lowest BCUT2D eigenvalue weighted by molar-refractivity contribution is 0.843. The number of aryl methyl sites for hydroxylation is 1. The summed E-state index contributed by atoms with van der Waals surface area (Å²) in [5.41, 5.74) is 2.92. The van der Waals surface area contributed by atoms with Crippen LogP contribution in [0.4, 0.5) is 5.69 Å². The molecule has 0 aliphatic heterocycles. The Bertz CT molecular complexity index is 656. The highest BCUT2D eigenvalue weighted by Crippen LogP contribution is 2.16. The summed E-state index contributed by atoms with van der Waals surface area (Å²) in [6.45, 7) is 2.62. The molecular formula is C12H13N7. The van der Waals surface area contributed by atoms with Crippen molar-refractivity contribution >= 4 is 5.69 Å². The molecule has 0 aliphatic rings. The number of hydrogen-bond acceptors (Lipinski definition) is 5. The Morgan fingerprint density at radius 1 is 1.37 bits per heavy atom. The van der Waals surface area contributed by atoms with Gasteiger partial charge in [0.05, 0.1) is 24.3 Å². The van der Waals surface area contributed by atoms with Crippen molar-refractivity contribution in [3.05, 3.63) is 48.7 Å². The Balaban J connectivity index is 1.84. The van der Waals surface area contributed by atoms with Gasteiger partial charge in [0.15, 0.2) is 5.82 Å². The second-order valence-corrected chi connectivity index (χ2v) is 4.04. The number of imidazole rings is 1. The summed E-state index contributed by atoms with van der Waals surface area (Å²) < 4.78 is 1.62. The molecule has 0 amide bonds. The average Bonchev–Trinajstić information content (AvgIpc) is 3.08. The molecule has 3 aromatic rings. The van der Waals surface area contributed by atoms with Gasteiger partial charge < -0.3 is 10.3 Å². The number of aromatic nitrogens is 6. The smallest absolute Gasteiger partial charge is 0.178 e. The topological polar surface area (TPSA) is 84.3 Å². The number of aromatic amines is 1. The summed E-state index contributed by atoms with van der Waals surface area (Å²) >= 11 is 0. The van der Waals surface area contributed by atoms with E-state index >= 15 is 0 Å². The summed E-state index contributed by atoms with van der Waals surface area (Å²) in [6, 6.07) is 3.83. The Morgan fingerprint density at radius 3 is 3.05 bits per heavy atom. The van der Waals surface area contributed by atoms with Crippen LogP contribution >= 0.6 is 0 Å². The molecule has 0 aromatic carbocycles. The number of rotatable bonds is 4. The van der Waals surface area contributed by atoms with E-state index in [0.29, 0.717) is 12.4 Å². The first kappa shape index (κ1) is 11.4. The molecule has 3 heterocycles. The first-order chi connectivity index (χ1) is 9.34. The zero-order chi connectivity index (χ0) is 13.1. The van der Waals surface area contributed by atoms with Gasteiger partial charge in [0.1, 0.15) is 12.7 Å². The van der Waals surface area contributed by atoms with Crippen LogP contribution < -0.4 is 5.32 Å². The monoisotopic (exact) mass is 255 g/mol. The number of nitrogens with one attached hydrogen (secondary N) is 2. The van der Waals surface area contributed by atoms with Crippen molar-refractivity contribution in [2.45, 2.75) is 13.5 Å². The van der Waals surface area contributed by atoms with Crippen LogP contribution in [0, 0.1) is 6.92 Å². The van der Waals surface area contributed by atoms with Crippen LogP contribution in [0.2, 0.25) is 0 Å². The number of pyridine rings is 1. The van der Waals surface area contributed by atoms with Crippen LogP contribution in [-0.4, -0.2) is 29.7 Å². The van der Waals surface area contributed by atoms with Gasteiger partial charge in [-0.25, -0.2) is 19.6 Å². The third kappa shape index (κ3) is 2.30. The predicted octanol–water partition coefficient (Wildman–Crippen LogP) is 1.31. The van der Waals surface area contributed by atoms with Crippen LogP contribution in [0.3, 0.4) is 0 Å². The van der Waals surface area contributed by atoms with E-state index in [-0.39, 0.29) is 0 Å². The van der Waals surface area contributed by atoms with E-state index in [1.807, 2.05) is 19.1 Å². The van der Waals surface area contributed by atoms with Gasteiger partial charge in [0, 0.05) is 11.9 Å². The Morgan fingerprint density at radius 2 is 2.32 bits per heavy atom. The molecule has 0 saturated heterocycles. The standard InChI is InChI=1S/C12H13N7/c1-9-11(17-7-16-9)5-15-10-3-2-4-14-12(10)19-8-13-6-18-19/h2-4,6-8,15H,5H2,1H3,(H,16,17). The maximum absolute atomic E-state index is 4.31. The highest BCUT2D eigenvalue weighted by molar-refractivity contribution is 5.56. The van der Waals surface area contributed by atoms with Gasteiger partial charge in [-0.15, -0.1) is 0 Å². The van der Waals surface area contributed by atoms with Crippen LogP contribution in [0.15, 0.2) is 37.3 Å². The fourth-order valence-corrected chi connectivity index (χ4v) is 1.78. The van der Waals surface area contributed by atoms with Crippen molar-refractivity contribution in [3.8, 4) is 5.82 Å². The molecule has 0 bridgehead atoms. The molecule has 7 heteroatoms. The fraction of sp³-hybridized carbons (Fsp3) is 0.167. The Kier molecular flexibility index (Phi) is 2.93. The summed E-state index contributed by atoms with van der Waals surface area (Å²) in [7, 11) is 0. The normalized spacial score (nSPS) is 10.6. The lowest BCUT2D eigenvalue weighted by Crippen LogP contribution is -2.07. The quantitative estimate of drug-likeness (QED) is 0.734. The van der Waals surface area contributed by atoms with Gasteiger partial charge in [0.2, 0.25) is 0 Å². The summed E-state index contributed by atoms with van der Waals surface area (Å²) in [5.74, 6) is 0.716. The minimum atomic E-state index is 0.628. The molecule has 0 atom stereocenters. The third-order valence-electron chi connectivity index (χ3n) is 2.80. The van der Waals surface area contributed by atoms with E-state index in [1.165, 1.54) is 6.33 Å². The van der Waals surface area contributed by atoms with Crippen LogP contribution in [-0.2, 0) is 6.54 Å². The van der Waals surface area contributed by atoms with Crippen molar-refractivity contribution in [3.63, 3.8) is 0 Å². The zero-order valence-electron chi connectivity index (χ0n) is 10.4. The highest BCUT2D eigenvalue weighted by atomic mass is 15.3. The molecule has 0 radical (unpaired) electrons. The maximum Gasteiger partial charge on any atom is 0.178 e. The Hall–Kier alpha value is -2.70. The van der Waals surface area contributed by atoms with Crippen LogP contribution in [0.5, 0.6) is 0 Å². The molecule has 0 unspecified atom stereocenters. The average molecular weight is 255 g/mol. The SMILES string of the molecule is Cc1[nH]cnc1CNc1cccnc1-n1cncn1. The minimum Gasteiger partial charge on any atom is -0.376 e. The summed E-state index contributed by atoms with van der Waals surface area (Å²) in [5, 5.41) is 7.40. The molecule has 3 aromatic heterocycles. The molecule has 3 rings (SSSR count). The van der Waals surface area contributed by atoms with Gasteiger partial charge in [-0.3, -0.25) is 0 Å². The van der Waals surface area contributed by atoms with Crippen LogP contribution in [0.25, 0.3) is 5.82 Å². The molecule has 0 aliphatic carbocycles. The molecule has 2 N–H and O–H groups in total. The second kappa shape index (κ2) is 4.89. The largest absolute Gasteiger partial charge is 0.376 e. The van der Waals surface area contributed by atoms with Crippen molar-refractivity contribution in [2.75, 3.05) is 5.32 Å². The van der Waals surface area contributed by atoms with Crippen molar-refractivity contribution in [2.24, 2.45) is 0 Å². The van der Waals surface area contributed by atoms with Gasteiger partial charge in [-0.1, -0.05) is 0 Å². The lowest BCUT2D eigenvalue weighted by Gasteiger charge is -2.09. The first-order valence-electron chi connectivity index (χ1n) is 5.87. The number of nitrogens with zero attached hydrogens (tertiary/aromatic N) is 5. The lowest BCUT2D eigenvalue weighted by atomic mass is 10.3. The molecule has 19 heavy (non-hydrogen) atoms. The zero-order valence-corrected chi connectivity index (χ0v) is 10.4. The maximum atomic E-state index is 4.31. The number of hydrogen-bond donors (Lipinski definition) is 2. The third-order valence-corrected chi connectivity index (χ3v) is 2.80. The van der Waals surface area contributed by atoms with Crippen molar-refractivity contribution < 1.29 is 0 Å². The van der Waals surface area contributed by atoms with Gasteiger partial charge >= 0.3 is 0 Å². The van der Waals surface area contributed by atoms with Crippen LogP contribution in [0.1, 0.15) is 11.4 Å². The molecular weight excluding hydrogens is 242 g/mol. The molecule has 7 nitrogen and oxygen atoms in total. The van der Waals surface area contributed by atoms with E-state index in [0.717, 1.165) is 17.1 Å². The van der Waals surface area contributed by atoms with Gasteiger partial charge in [-0.05, 0) is 19.1 Å². The van der Waals surface area contributed by atoms with E-state index in [9.17, 15) is 0 Å². The van der Waals surface area contributed by atoms with Gasteiger partial charge in [0.25, 0.3) is 0 Å². The number of anilines is 1. The molecule has 0 spiro atoms. The van der Waals surface area contributed by atoms with E-state index in [1.54, 1.807) is 23.5 Å². The first-order valence-corrected chi connectivity index (χ1v) is 5.87. The molecule has 0 saturated carbocycles. The minimum absolute atomic E-state index is 0.628. The molecule has 0 fully saturated rings. The highest BCUT2D eigenvalue weighted by Gasteiger charge is 2.07. The Labute approximate surface area is 109 Å². The number of H-pyrrole nitrogens is 1. The fourth-order valence-electron chi connectivity index (χ4n) is 1.78. The predicted molar refractivity (Wildman–Crippen MR) is 69.8 cm³/mol.